The maximum absolute atomic E-state index is 13.1. The Kier molecular flexibility index (Phi) is 6.81. The van der Waals surface area contributed by atoms with E-state index in [1.807, 2.05) is 0 Å². The third kappa shape index (κ3) is 4.44. The van der Waals surface area contributed by atoms with Crippen molar-refractivity contribution in [1.29, 1.82) is 0 Å². The molecule has 6 nitrogen and oxygen atoms in total. The Morgan fingerprint density at radius 1 is 0.567 bits per heavy atom. The molecule has 30 heavy (non-hydrogen) atoms. The molecule has 0 aliphatic carbocycles. The van der Waals surface area contributed by atoms with Gasteiger partial charge in [0.25, 0.3) is 0 Å². The normalized spacial score (nSPS) is 18.8. The number of hydrogen-bond donors (Lipinski definition) is 0. The van der Waals surface area contributed by atoms with E-state index < -0.39 is 20.0 Å². The molecular formula is C20H24N2O4S4. The minimum Gasteiger partial charge on any atom is -0.207 e. The van der Waals surface area contributed by atoms with E-state index in [9.17, 15) is 16.8 Å². The zero-order chi connectivity index (χ0) is 21.2. The van der Waals surface area contributed by atoms with Crippen molar-refractivity contribution in [3.05, 3.63) is 48.5 Å². The van der Waals surface area contributed by atoms with E-state index in [1.54, 1.807) is 48.5 Å². The second-order valence-electron chi connectivity index (χ2n) is 7.28. The monoisotopic (exact) mass is 484 g/mol. The van der Waals surface area contributed by atoms with Gasteiger partial charge in [-0.1, -0.05) is 45.9 Å². The van der Waals surface area contributed by atoms with Gasteiger partial charge in [-0.2, -0.15) is 8.61 Å². The first kappa shape index (κ1) is 22.2. The van der Waals surface area contributed by atoms with Gasteiger partial charge in [-0.15, -0.1) is 0 Å². The Hall–Kier alpha value is -1.04. The molecule has 0 amide bonds. The van der Waals surface area contributed by atoms with Crippen molar-refractivity contribution in [2.75, 3.05) is 26.2 Å². The predicted octanol–water partition coefficient (Wildman–Crippen LogP) is 4.06. The molecule has 0 radical (unpaired) electrons. The standard InChI is InChI=1S/C20H24N2O4S4/c23-29(24,21-13-5-6-14-21)19-11-3-1-9-17(19)27-28-18-10-2-4-12-20(18)30(25,26)22-15-7-8-16-22/h1-4,9-12H,5-8,13-16H2. The van der Waals surface area contributed by atoms with Crippen LogP contribution in [0.3, 0.4) is 0 Å². The number of sulfonamides is 2. The summed E-state index contributed by atoms with van der Waals surface area (Å²) >= 11 is 0. The lowest BCUT2D eigenvalue weighted by Gasteiger charge is -2.19. The van der Waals surface area contributed by atoms with Crippen LogP contribution in [0.2, 0.25) is 0 Å². The third-order valence-corrected chi connectivity index (χ3v) is 11.9. The molecule has 2 aliphatic rings. The summed E-state index contributed by atoms with van der Waals surface area (Å²) in [5.74, 6) is 0. The highest BCUT2D eigenvalue weighted by atomic mass is 33.1. The topological polar surface area (TPSA) is 74.8 Å². The zero-order valence-electron chi connectivity index (χ0n) is 16.4. The lowest BCUT2D eigenvalue weighted by Crippen LogP contribution is -2.28. The molecule has 2 aliphatic heterocycles. The van der Waals surface area contributed by atoms with E-state index in [4.69, 9.17) is 0 Å². The van der Waals surface area contributed by atoms with Crippen molar-refractivity contribution in [3.63, 3.8) is 0 Å². The van der Waals surface area contributed by atoms with Gasteiger partial charge in [-0.3, -0.25) is 0 Å². The SMILES string of the molecule is O=S(=O)(c1ccccc1SSc1ccccc1S(=O)(=O)N1CCCC1)N1CCCC1. The van der Waals surface area contributed by atoms with Gasteiger partial charge in [0, 0.05) is 36.0 Å². The lowest BCUT2D eigenvalue weighted by atomic mass is 10.4. The molecule has 0 spiro atoms. The maximum Gasteiger partial charge on any atom is 0.244 e. The van der Waals surface area contributed by atoms with Crippen LogP contribution in [-0.2, 0) is 20.0 Å². The fourth-order valence-electron chi connectivity index (χ4n) is 3.69. The zero-order valence-corrected chi connectivity index (χ0v) is 19.7. The smallest absolute Gasteiger partial charge is 0.207 e. The Labute approximate surface area is 186 Å². The molecule has 0 bridgehead atoms. The van der Waals surface area contributed by atoms with Gasteiger partial charge in [-0.25, -0.2) is 16.8 Å². The Morgan fingerprint density at radius 3 is 1.27 bits per heavy atom. The van der Waals surface area contributed by atoms with E-state index >= 15 is 0 Å². The van der Waals surface area contributed by atoms with Crippen LogP contribution in [0.5, 0.6) is 0 Å². The van der Waals surface area contributed by atoms with Crippen LogP contribution in [0.25, 0.3) is 0 Å². The summed E-state index contributed by atoms with van der Waals surface area (Å²) in [7, 11) is -4.53. The number of benzene rings is 2. The molecule has 0 aromatic heterocycles. The highest BCUT2D eigenvalue weighted by Crippen LogP contribution is 2.43. The summed E-state index contributed by atoms with van der Waals surface area (Å²) < 4.78 is 55.3. The van der Waals surface area contributed by atoms with Gasteiger partial charge in [-0.05, 0) is 49.9 Å². The predicted molar refractivity (Wildman–Crippen MR) is 121 cm³/mol. The number of rotatable bonds is 7. The first-order valence-electron chi connectivity index (χ1n) is 9.93. The van der Waals surface area contributed by atoms with Crippen molar-refractivity contribution in [3.8, 4) is 0 Å². The number of hydrogen-bond acceptors (Lipinski definition) is 6. The van der Waals surface area contributed by atoms with Crippen LogP contribution in [0.15, 0.2) is 68.1 Å². The molecule has 2 heterocycles. The van der Waals surface area contributed by atoms with Gasteiger partial charge in [0.15, 0.2) is 0 Å². The average Bonchev–Trinajstić information content (AvgIpc) is 3.47. The molecular weight excluding hydrogens is 460 g/mol. The minimum absolute atomic E-state index is 0.282. The summed E-state index contributed by atoms with van der Waals surface area (Å²) in [5.41, 5.74) is 0. The van der Waals surface area contributed by atoms with Crippen molar-refractivity contribution in [2.24, 2.45) is 0 Å². The summed E-state index contributed by atoms with van der Waals surface area (Å²) in [4.78, 5) is 1.79. The minimum atomic E-state index is -3.55. The molecule has 4 rings (SSSR count). The second kappa shape index (κ2) is 9.22. The van der Waals surface area contributed by atoms with E-state index in [0.717, 1.165) is 25.7 Å². The Bertz CT molecular complexity index is 1020. The van der Waals surface area contributed by atoms with E-state index in [2.05, 4.69) is 0 Å². The van der Waals surface area contributed by atoms with Gasteiger partial charge < -0.3 is 0 Å². The van der Waals surface area contributed by atoms with Crippen LogP contribution >= 0.6 is 21.6 Å². The molecule has 0 unspecified atom stereocenters. The van der Waals surface area contributed by atoms with Gasteiger partial charge >= 0.3 is 0 Å². The van der Waals surface area contributed by atoms with Gasteiger partial charge in [0.05, 0.1) is 9.79 Å². The molecule has 2 fully saturated rings. The Balaban J connectivity index is 1.60. The van der Waals surface area contributed by atoms with E-state index in [1.165, 1.54) is 30.2 Å². The van der Waals surface area contributed by atoms with Crippen LogP contribution in [0, 0.1) is 0 Å². The molecule has 0 N–H and O–H groups in total. The fraction of sp³-hybridized carbons (Fsp3) is 0.400. The summed E-state index contributed by atoms with van der Waals surface area (Å²) in [6, 6.07) is 13.9. The van der Waals surface area contributed by atoms with Crippen LogP contribution in [0.4, 0.5) is 0 Å². The van der Waals surface area contributed by atoms with E-state index in [0.29, 0.717) is 36.0 Å². The highest BCUT2D eigenvalue weighted by molar-refractivity contribution is 8.76. The average molecular weight is 485 g/mol. The van der Waals surface area contributed by atoms with Crippen LogP contribution < -0.4 is 0 Å². The lowest BCUT2D eigenvalue weighted by molar-refractivity contribution is 0.475. The summed E-state index contributed by atoms with van der Waals surface area (Å²) in [6.45, 7) is 2.19. The maximum atomic E-state index is 13.1. The Morgan fingerprint density at radius 2 is 0.900 bits per heavy atom. The van der Waals surface area contributed by atoms with E-state index in [-0.39, 0.29) is 9.79 Å². The second-order valence-corrected chi connectivity index (χ2v) is 13.3. The first-order chi connectivity index (χ1) is 14.4. The quantitative estimate of drug-likeness (QED) is 0.552. The van der Waals surface area contributed by atoms with Gasteiger partial charge in [0.1, 0.15) is 0 Å². The summed E-state index contributed by atoms with van der Waals surface area (Å²) in [6.07, 6.45) is 3.52. The fourth-order valence-corrected chi connectivity index (χ4v) is 10.2. The molecule has 2 saturated heterocycles. The van der Waals surface area contributed by atoms with Crippen molar-refractivity contribution >= 4 is 41.6 Å². The van der Waals surface area contributed by atoms with Crippen molar-refractivity contribution in [1.82, 2.24) is 8.61 Å². The highest BCUT2D eigenvalue weighted by Gasteiger charge is 2.31. The molecule has 0 atom stereocenters. The molecule has 0 saturated carbocycles. The molecule has 10 heteroatoms. The molecule has 162 valence electrons. The van der Waals surface area contributed by atoms with Crippen molar-refractivity contribution < 1.29 is 16.8 Å². The van der Waals surface area contributed by atoms with Gasteiger partial charge in [0.2, 0.25) is 20.0 Å². The molecule has 2 aromatic rings. The number of nitrogens with zero attached hydrogens (tertiary/aromatic N) is 2. The largest absolute Gasteiger partial charge is 0.244 e. The first-order valence-corrected chi connectivity index (χ1v) is 15.0. The summed E-state index contributed by atoms with van der Waals surface area (Å²) in [5, 5.41) is 0. The molecule has 2 aromatic carbocycles. The van der Waals surface area contributed by atoms with Crippen LogP contribution in [-0.4, -0.2) is 51.6 Å². The third-order valence-electron chi connectivity index (χ3n) is 5.29. The van der Waals surface area contributed by atoms with Crippen molar-refractivity contribution in [2.45, 2.75) is 45.3 Å². The van der Waals surface area contributed by atoms with Crippen LogP contribution in [0.1, 0.15) is 25.7 Å².